The van der Waals surface area contributed by atoms with Gasteiger partial charge in [-0.05, 0) is 25.0 Å². The lowest BCUT2D eigenvalue weighted by Crippen LogP contribution is -2.40. The van der Waals surface area contributed by atoms with Gasteiger partial charge in [0, 0.05) is 5.92 Å². The average molecular weight is 246 g/mol. The molecule has 3 heteroatoms. The molecule has 1 atom stereocenters. The van der Waals surface area contributed by atoms with Crippen molar-refractivity contribution in [3.63, 3.8) is 0 Å². The molecule has 3 nitrogen and oxygen atoms in total. The molecule has 18 heavy (non-hydrogen) atoms. The number of carbonyl (C=O) groups excluding carboxylic acids is 1. The Bertz CT molecular complexity index is 435. The number of ether oxygens (including phenoxy) is 2. The van der Waals surface area contributed by atoms with Crippen molar-refractivity contribution in [2.24, 2.45) is 5.92 Å². The highest BCUT2D eigenvalue weighted by Crippen LogP contribution is 2.33. The smallest absolute Gasteiger partial charge is 0.191 e. The standard InChI is InChI=1S/C15H18O3/c16-15(11-6-2-1-3-7-11)14-10-17-12-8-4-5-9-13(12)18-14/h4-5,8-9,11,14H,1-3,6-7,10H2. The fourth-order valence-electron chi connectivity index (χ4n) is 2.81. The van der Waals surface area contributed by atoms with Crippen molar-refractivity contribution in [3.8, 4) is 11.5 Å². The van der Waals surface area contributed by atoms with E-state index < -0.39 is 6.10 Å². The minimum atomic E-state index is -0.414. The van der Waals surface area contributed by atoms with Crippen LogP contribution in [-0.4, -0.2) is 18.5 Å². The fourth-order valence-corrected chi connectivity index (χ4v) is 2.81. The van der Waals surface area contributed by atoms with Gasteiger partial charge in [0.15, 0.2) is 23.4 Å². The van der Waals surface area contributed by atoms with Crippen molar-refractivity contribution in [1.82, 2.24) is 0 Å². The summed E-state index contributed by atoms with van der Waals surface area (Å²) in [5.41, 5.74) is 0. The molecule has 0 spiro atoms. The minimum Gasteiger partial charge on any atom is -0.485 e. The maximum Gasteiger partial charge on any atom is 0.191 e. The lowest BCUT2D eigenvalue weighted by molar-refractivity contribution is -0.133. The van der Waals surface area contributed by atoms with Gasteiger partial charge in [0.05, 0.1) is 0 Å². The van der Waals surface area contributed by atoms with Gasteiger partial charge in [0.25, 0.3) is 0 Å². The first-order valence-electron chi connectivity index (χ1n) is 6.77. The maximum atomic E-state index is 12.4. The lowest BCUT2D eigenvalue weighted by atomic mass is 9.84. The van der Waals surface area contributed by atoms with E-state index in [1.54, 1.807) is 0 Å². The van der Waals surface area contributed by atoms with Gasteiger partial charge in [-0.3, -0.25) is 4.79 Å². The van der Waals surface area contributed by atoms with Gasteiger partial charge in [-0.2, -0.15) is 0 Å². The van der Waals surface area contributed by atoms with Crippen LogP contribution in [0, 0.1) is 5.92 Å². The Kier molecular flexibility index (Phi) is 3.22. The monoisotopic (exact) mass is 246 g/mol. The summed E-state index contributed by atoms with van der Waals surface area (Å²) in [7, 11) is 0. The van der Waals surface area contributed by atoms with E-state index >= 15 is 0 Å². The first-order chi connectivity index (χ1) is 8.84. The molecule has 0 bridgehead atoms. The summed E-state index contributed by atoms with van der Waals surface area (Å²) < 4.78 is 11.4. The van der Waals surface area contributed by atoms with Gasteiger partial charge >= 0.3 is 0 Å². The largest absolute Gasteiger partial charge is 0.485 e. The lowest BCUT2D eigenvalue weighted by Gasteiger charge is -2.29. The van der Waals surface area contributed by atoms with E-state index in [1.807, 2.05) is 24.3 Å². The first-order valence-corrected chi connectivity index (χ1v) is 6.77. The van der Waals surface area contributed by atoms with Gasteiger partial charge in [0.1, 0.15) is 6.61 Å². The highest BCUT2D eigenvalue weighted by atomic mass is 16.6. The van der Waals surface area contributed by atoms with Crippen LogP contribution >= 0.6 is 0 Å². The fraction of sp³-hybridized carbons (Fsp3) is 0.533. The third-order valence-electron chi connectivity index (χ3n) is 3.83. The highest BCUT2D eigenvalue weighted by Gasteiger charge is 2.32. The van der Waals surface area contributed by atoms with Crippen LogP contribution in [0.5, 0.6) is 11.5 Å². The number of hydrogen-bond donors (Lipinski definition) is 0. The van der Waals surface area contributed by atoms with Crippen LogP contribution < -0.4 is 9.47 Å². The SMILES string of the molecule is O=C(C1CCCCC1)C1COc2ccccc2O1. The Balaban J connectivity index is 1.69. The second-order valence-electron chi connectivity index (χ2n) is 5.10. The Hall–Kier alpha value is -1.51. The quantitative estimate of drug-likeness (QED) is 0.804. The molecule has 0 N–H and O–H groups in total. The van der Waals surface area contributed by atoms with E-state index in [0.717, 1.165) is 18.6 Å². The van der Waals surface area contributed by atoms with Crippen molar-refractivity contribution < 1.29 is 14.3 Å². The number of benzene rings is 1. The van der Waals surface area contributed by atoms with E-state index in [1.165, 1.54) is 19.3 Å². The van der Waals surface area contributed by atoms with Crippen LogP contribution in [-0.2, 0) is 4.79 Å². The Morgan fingerprint density at radius 2 is 1.78 bits per heavy atom. The summed E-state index contributed by atoms with van der Waals surface area (Å²) in [4.78, 5) is 12.4. The molecular formula is C15H18O3. The van der Waals surface area contributed by atoms with Gasteiger partial charge in [-0.1, -0.05) is 31.4 Å². The predicted molar refractivity (Wildman–Crippen MR) is 67.9 cm³/mol. The van der Waals surface area contributed by atoms with Crippen LogP contribution in [0.25, 0.3) is 0 Å². The zero-order valence-electron chi connectivity index (χ0n) is 10.4. The van der Waals surface area contributed by atoms with Gasteiger partial charge in [-0.15, -0.1) is 0 Å². The van der Waals surface area contributed by atoms with Crippen LogP contribution in [0.4, 0.5) is 0 Å². The summed E-state index contributed by atoms with van der Waals surface area (Å²) >= 11 is 0. The van der Waals surface area contributed by atoms with Gasteiger partial charge < -0.3 is 9.47 Å². The summed E-state index contributed by atoms with van der Waals surface area (Å²) in [5, 5.41) is 0. The Morgan fingerprint density at radius 3 is 2.56 bits per heavy atom. The number of hydrogen-bond acceptors (Lipinski definition) is 3. The number of Topliss-reactive ketones (excluding diaryl/α,β-unsaturated/α-hetero) is 1. The normalized spacial score (nSPS) is 23.7. The molecule has 96 valence electrons. The summed E-state index contributed by atoms with van der Waals surface area (Å²) in [5.74, 6) is 1.84. The molecule has 0 radical (unpaired) electrons. The zero-order chi connectivity index (χ0) is 12.4. The average Bonchev–Trinajstić information content (AvgIpc) is 2.47. The van der Waals surface area contributed by atoms with E-state index in [-0.39, 0.29) is 11.7 Å². The van der Waals surface area contributed by atoms with Crippen LogP contribution in [0.15, 0.2) is 24.3 Å². The van der Waals surface area contributed by atoms with Gasteiger partial charge in [-0.25, -0.2) is 0 Å². The van der Waals surface area contributed by atoms with Crippen LogP contribution in [0.2, 0.25) is 0 Å². The van der Waals surface area contributed by atoms with Crippen molar-refractivity contribution in [1.29, 1.82) is 0 Å². The van der Waals surface area contributed by atoms with E-state index in [2.05, 4.69) is 0 Å². The van der Waals surface area contributed by atoms with E-state index in [9.17, 15) is 4.79 Å². The molecule has 1 saturated carbocycles. The summed E-state index contributed by atoms with van der Waals surface area (Å²) in [6, 6.07) is 7.54. The van der Waals surface area contributed by atoms with Crippen molar-refractivity contribution in [2.75, 3.05) is 6.61 Å². The van der Waals surface area contributed by atoms with Crippen LogP contribution in [0.1, 0.15) is 32.1 Å². The number of carbonyl (C=O) groups is 1. The molecule has 0 saturated heterocycles. The predicted octanol–water partition coefficient (Wildman–Crippen LogP) is 2.98. The van der Waals surface area contributed by atoms with Crippen LogP contribution in [0.3, 0.4) is 0 Å². The van der Waals surface area contributed by atoms with Crippen molar-refractivity contribution >= 4 is 5.78 Å². The Labute approximate surface area is 107 Å². The molecule has 1 fully saturated rings. The van der Waals surface area contributed by atoms with Crippen molar-refractivity contribution in [3.05, 3.63) is 24.3 Å². The van der Waals surface area contributed by atoms with Gasteiger partial charge in [0.2, 0.25) is 0 Å². The number of para-hydroxylation sites is 2. The molecule has 2 aliphatic rings. The summed E-state index contributed by atoms with van der Waals surface area (Å²) in [6.07, 6.45) is 5.21. The summed E-state index contributed by atoms with van der Waals surface area (Å²) in [6.45, 7) is 0.354. The molecule has 1 aromatic rings. The second-order valence-corrected chi connectivity index (χ2v) is 5.10. The molecule has 0 aromatic heterocycles. The molecule has 0 amide bonds. The van der Waals surface area contributed by atoms with Crippen molar-refractivity contribution in [2.45, 2.75) is 38.2 Å². The third-order valence-corrected chi connectivity index (χ3v) is 3.83. The molecule has 1 unspecified atom stereocenters. The molecule has 3 rings (SSSR count). The highest BCUT2D eigenvalue weighted by molar-refractivity contribution is 5.86. The molecular weight excluding hydrogens is 228 g/mol. The van der Waals surface area contributed by atoms with E-state index in [0.29, 0.717) is 12.4 Å². The number of rotatable bonds is 2. The second kappa shape index (κ2) is 5.01. The Morgan fingerprint density at radius 1 is 1.06 bits per heavy atom. The topological polar surface area (TPSA) is 35.5 Å². The minimum absolute atomic E-state index is 0.178. The number of fused-ring (bicyclic) bond motifs is 1. The molecule has 1 heterocycles. The maximum absolute atomic E-state index is 12.4. The molecule has 1 aromatic carbocycles. The zero-order valence-corrected chi connectivity index (χ0v) is 10.4. The molecule has 1 aliphatic carbocycles. The molecule has 1 aliphatic heterocycles. The first kappa shape index (κ1) is 11.6. The van der Waals surface area contributed by atoms with E-state index in [4.69, 9.17) is 9.47 Å². The number of ketones is 1. The third kappa shape index (κ3) is 2.22.